The lowest BCUT2D eigenvalue weighted by atomic mass is 9.97. The normalized spacial score (nSPS) is 11.5. The number of thiocarbonyl (C=S) groups is 1. The van der Waals surface area contributed by atoms with Crippen LogP contribution in [-0.2, 0) is 11.2 Å². The highest BCUT2D eigenvalue weighted by Crippen LogP contribution is 2.26. The molecular weight excluding hydrogens is 344 g/mol. The molecule has 0 radical (unpaired) electrons. The average molecular weight is 371 g/mol. The van der Waals surface area contributed by atoms with Crippen LogP contribution in [0.25, 0.3) is 0 Å². The maximum absolute atomic E-state index is 12.1. The molecule has 0 aliphatic carbocycles. The molecule has 2 aromatic carbocycles. The van der Waals surface area contributed by atoms with E-state index in [1.807, 2.05) is 42.5 Å². The average Bonchev–Trinajstić information content (AvgIpc) is 2.66. The van der Waals surface area contributed by atoms with Crippen LogP contribution in [0.5, 0.6) is 5.75 Å². The number of anilines is 1. The first-order chi connectivity index (χ1) is 12.5. The van der Waals surface area contributed by atoms with Crippen LogP contribution in [0.4, 0.5) is 5.69 Å². The smallest absolute Gasteiger partial charge is 0.264 e. The summed E-state index contributed by atoms with van der Waals surface area (Å²) in [6.45, 7) is 6.32. The number of hydrogen-bond acceptors (Lipinski definition) is 3. The summed E-state index contributed by atoms with van der Waals surface area (Å²) in [5.74, 6) is 0.785. The van der Waals surface area contributed by atoms with Crippen molar-refractivity contribution < 1.29 is 9.53 Å². The topological polar surface area (TPSA) is 50.4 Å². The lowest BCUT2D eigenvalue weighted by Crippen LogP contribution is -2.37. The second kappa shape index (κ2) is 9.92. The van der Waals surface area contributed by atoms with E-state index in [4.69, 9.17) is 17.0 Å². The van der Waals surface area contributed by atoms with E-state index in [1.54, 1.807) is 0 Å². The van der Waals surface area contributed by atoms with Gasteiger partial charge in [-0.05, 0) is 60.3 Å². The van der Waals surface area contributed by atoms with E-state index in [1.165, 1.54) is 11.1 Å². The SMILES string of the molecule is CCc1ccc(OCC(=O)NC(=S)Nc2ccccc2C(C)CC)cc1. The minimum Gasteiger partial charge on any atom is -0.484 e. The lowest BCUT2D eigenvalue weighted by molar-refractivity contribution is -0.121. The fourth-order valence-corrected chi connectivity index (χ4v) is 2.77. The molecule has 2 aromatic rings. The van der Waals surface area contributed by atoms with E-state index in [9.17, 15) is 4.79 Å². The number of carbonyl (C=O) groups is 1. The summed E-state index contributed by atoms with van der Waals surface area (Å²) in [5, 5.41) is 6.05. The molecule has 2 rings (SSSR count). The van der Waals surface area contributed by atoms with Gasteiger partial charge in [-0.3, -0.25) is 10.1 Å². The Hall–Kier alpha value is -2.40. The number of carbonyl (C=O) groups excluding carboxylic acids is 1. The highest BCUT2D eigenvalue weighted by molar-refractivity contribution is 7.80. The van der Waals surface area contributed by atoms with Crippen LogP contribution in [0.15, 0.2) is 48.5 Å². The molecule has 0 spiro atoms. The number of nitrogens with one attached hydrogen (secondary N) is 2. The molecule has 1 amide bonds. The molecule has 0 aliphatic rings. The van der Waals surface area contributed by atoms with Gasteiger partial charge in [-0.2, -0.15) is 0 Å². The molecule has 0 aromatic heterocycles. The molecular formula is C21H26N2O2S. The van der Waals surface area contributed by atoms with Gasteiger partial charge in [0.1, 0.15) is 5.75 Å². The van der Waals surface area contributed by atoms with Crippen molar-refractivity contribution in [1.82, 2.24) is 5.32 Å². The Kier molecular flexibility index (Phi) is 7.60. The molecule has 0 bridgehead atoms. The summed E-state index contributed by atoms with van der Waals surface area (Å²) < 4.78 is 5.50. The van der Waals surface area contributed by atoms with Crippen molar-refractivity contribution in [3.63, 3.8) is 0 Å². The van der Waals surface area contributed by atoms with Crippen LogP contribution >= 0.6 is 12.2 Å². The third kappa shape index (κ3) is 5.85. The molecule has 1 atom stereocenters. The van der Waals surface area contributed by atoms with E-state index in [0.29, 0.717) is 11.7 Å². The minimum atomic E-state index is -0.289. The van der Waals surface area contributed by atoms with Crippen molar-refractivity contribution in [2.45, 2.75) is 39.5 Å². The van der Waals surface area contributed by atoms with E-state index >= 15 is 0 Å². The van der Waals surface area contributed by atoms with Gasteiger partial charge in [0.05, 0.1) is 0 Å². The van der Waals surface area contributed by atoms with Crippen molar-refractivity contribution in [2.24, 2.45) is 0 Å². The third-order valence-corrected chi connectivity index (χ3v) is 4.51. The van der Waals surface area contributed by atoms with Gasteiger partial charge in [-0.1, -0.05) is 51.1 Å². The monoisotopic (exact) mass is 370 g/mol. The van der Waals surface area contributed by atoms with Gasteiger partial charge in [-0.25, -0.2) is 0 Å². The van der Waals surface area contributed by atoms with Crippen molar-refractivity contribution in [3.8, 4) is 5.75 Å². The number of ether oxygens (including phenoxy) is 1. The van der Waals surface area contributed by atoms with Gasteiger partial charge in [0, 0.05) is 5.69 Å². The van der Waals surface area contributed by atoms with Gasteiger partial charge in [0.2, 0.25) is 0 Å². The van der Waals surface area contributed by atoms with Gasteiger partial charge >= 0.3 is 0 Å². The summed E-state index contributed by atoms with van der Waals surface area (Å²) in [5.41, 5.74) is 3.33. The molecule has 0 fully saturated rings. The van der Waals surface area contributed by atoms with Gasteiger partial charge < -0.3 is 10.1 Å². The van der Waals surface area contributed by atoms with E-state index in [-0.39, 0.29) is 17.6 Å². The summed E-state index contributed by atoms with van der Waals surface area (Å²) in [4.78, 5) is 12.1. The van der Waals surface area contributed by atoms with Crippen LogP contribution in [0, 0.1) is 0 Å². The Morgan fingerprint density at radius 2 is 1.81 bits per heavy atom. The second-order valence-electron chi connectivity index (χ2n) is 6.19. The molecule has 0 aliphatic heterocycles. The Balaban J connectivity index is 1.86. The molecule has 0 saturated heterocycles. The molecule has 26 heavy (non-hydrogen) atoms. The van der Waals surface area contributed by atoms with Gasteiger partial charge in [0.15, 0.2) is 11.7 Å². The molecule has 2 N–H and O–H groups in total. The molecule has 5 heteroatoms. The summed E-state index contributed by atoms with van der Waals surface area (Å²) in [7, 11) is 0. The standard InChI is InChI=1S/C21H26N2O2S/c1-4-15(3)18-8-6-7-9-19(18)22-21(26)23-20(24)14-25-17-12-10-16(5-2)11-13-17/h6-13,15H,4-5,14H2,1-3H3,(H2,22,23,24,26). The van der Waals surface area contributed by atoms with Crippen LogP contribution in [-0.4, -0.2) is 17.6 Å². The molecule has 0 saturated carbocycles. The number of aryl methyl sites for hydroxylation is 1. The van der Waals surface area contributed by atoms with Crippen LogP contribution in [0.1, 0.15) is 44.2 Å². The zero-order valence-electron chi connectivity index (χ0n) is 15.5. The number of hydrogen-bond donors (Lipinski definition) is 2. The predicted octanol–water partition coefficient (Wildman–Crippen LogP) is 4.65. The zero-order valence-corrected chi connectivity index (χ0v) is 16.4. The zero-order chi connectivity index (χ0) is 18.9. The highest BCUT2D eigenvalue weighted by Gasteiger charge is 2.11. The number of amides is 1. The van der Waals surface area contributed by atoms with Crippen LogP contribution in [0.2, 0.25) is 0 Å². The largest absolute Gasteiger partial charge is 0.484 e. The lowest BCUT2D eigenvalue weighted by Gasteiger charge is -2.17. The summed E-state index contributed by atoms with van der Waals surface area (Å²) in [6, 6.07) is 15.7. The van der Waals surface area contributed by atoms with Gasteiger partial charge in [0.25, 0.3) is 5.91 Å². The first-order valence-corrected chi connectivity index (χ1v) is 9.35. The Morgan fingerprint density at radius 1 is 1.12 bits per heavy atom. The van der Waals surface area contributed by atoms with Crippen molar-refractivity contribution in [2.75, 3.05) is 11.9 Å². The van der Waals surface area contributed by atoms with Crippen molar-refractivity contribution >= 4 is 28.9 Å². The first-order valence-electron chi connectivity index (χ1n) is 8.95. The molecule has 1 unspecified atom stereocenters. The van der Waals surface area contributed by atoms with Crippen molar-refractivity contribution in [1.29, 1.82) is 0 Å². The Bertz CT molecular complexity index is 744. The number of para-hydroxylation sites is 1. The first kappa shape index (κ1) is 19.9. The second-order valence-corrected chi connectivity index (χ2v) is 6.59. The molecule has 138 valence electrons. The Morgan fingerprint density at radius 3 is 2.46 bits per heavy atom. The van der Waals surface area contributed by atoms with Crippen LogP contribution < -0.4 is 15.4 Å². The minimum absolute atomic E-state index is 0.0830. The fraction of sp³-hybridized carbons (Fsp3) is 0.333. The van der Waals surface area contributed by atoms with E-state index in [0.717, 1.165) is 18.5 Å². The number of rotatable bonds is 7. The quantitative estimate of drug-likeness (QED) is 0.696. The van der Waals surface area contributed by atoms with Crippen LogP contribution in [0.3, 0.4) is 0 Å². The number of benzene rings is 2. The highest BCUT2D eigenvalue weighted by atomic mass is 32.1. The molecule has 4 nitrogen and oxygen atoms in total. The fourth-order valence-electron chi connectivity index (χ4n) is 2.55. The predicted molar refractivity (Wildman–Crippen MR) is 111 cm³/mol. The maximum Gasteiger partial charge on any atom is 0.264 e. The van der Waals surface area contributed by atoms with Crippen molar-refractivity contribution in [3.05, 3.63) is 59.7 Å². The maximum atomic E-state index is 12.1. The summed E-state index contributed by atoms with van der Waals surface area (Å²) >= 11 is 5.26. The van der Waals surface area contributed by atoms with Gasteiger partial charge in [-0.15, -0.1) is 0 Å². The summed E-state index contributed by atoms with van der Waals surface area (Å²) in [6.07, 6.45) is 2.00. The van der Waals surface area contributed by atoms with E-state index in [2.05, 4.69) is 37.5 Å². The third-order valence-electron chi connectivity index (χ3n) is 4.31. The molecule has 0 heterocycles. The van der Waals surface area contributed by atoms with E-state index < -0.39 is 0 Å². The Labute approximate surface area is 161 Å².